The number of anilines is 1. The van der Waals surface area contributed by atoms with Crippen LogP contribution in [-0.2, 0) is 12.8 Å². The number of nitrogens with two attached hydrogens (primary N) is 1. The highest BCUT2D eigenvalue weighted by Crippen LogP contribution is 2.25. The quantitative estimate of drug-likeness (QED) is 0.856. The summed E-state index contributed by atoms with van der Waals surface area (Å²) in [5.41, 5.74) is 9.18. The van der Waals surface area contributed by atoms with E-state index >= 15 is 0 Å². The average Bonchev–Trinajstić information content (AvgIpc) is 2.55. The maximum Gasteiger partial charge on any atom is 0.138 e. The number of nitrogens with one attached hydrogen (secondary N) is 1. The van der Waals surface area contributed by atoms with Gasteiger partial charge in [0.15, 0.2) is 0 Å². The third-order valence-corrected chi connectivity index (χ3v) is 3.76. The molecule has 112 valence electrons. The van der Waals surface area contributed by atoms with Gasteiger partial charge in [-0.2, -0.15) is 0 Å². The summed E-state index contributed by atoms with van der Waals surface area (Å²) in [4.78, 5) is 9.50. The molecule has 4 heteroatoms. The summed E-state index contributed by atoms with van der Waals surface area (Å²) in [6.07, 6.45) is 1.69. The summed E-state index contributed by atoms with van der Waals surface area (Å²) < 4.78 is 0. The first kappa shape index (κ1) is 15.4. The van der Waals surface area contributed by atoms with Crippen LogP contribution >= 0.6 is 0 Å². The van der Waals surface area contributed by atoms with Gasteiger partial charge in [-0.15, -0.1) is 0 Å². The van der Waals surface area contributed by atoms with E-state index in [1.54, 1.807) is 0 Å². The van der Waals surface area contributed by atoms with Crippen LogP contribution in [0.4, 0.5) is 5.82 Å². The van der Waals surface area contributed by atoms with E-state index in [9.17, 15) is 0 Å². The highest BCUT2D eigenvalue weighted by atomic mass is 15.0. The average molecular weight is 284 g/mol. The van der Waals surface area contributed by atoms with Crippen LogP contribution in [0.5, 0.6) is 0 Å². The van der Waals surface area contributed by atoms with Gasteiger partial charge in [-0.3, -0.25) is 0 Å². The Morgan fingerprint density at radius 2 is 1.90 bits per heavy atom. The molecule has 0 spiro atoms. The van der Waals surface area contributed by atoms with Gasteiger partial charge in [-0.1, -0.05) is 44.2 Å². The van der Waals surface area contributed by atoms with Gasteiger partial charge in [-0.05, 0) is 24.9 Å². The Labute approximate surface area is 126 Å². The molecule has 2 rings (SSSR count). The number of hydrogen-bond acceptors (Lipinski definition) is 4. The fraction of sp³-hybridized carbons (Fsp3) is 0.412. The van der Waals surface area contributed by atoms with Crippen LogP contribution in [0.2, 0.25) is 0 Å². The lowest BCUT2D eigenvalue weighted by atomic mass is 9.99. The van der Waals surface area contributed by atoms with E-state index in [0.29, 0.717) is 6.54 Å². The minimum absolute atomic E-state index is 0.176. The minimum Gasteiger partial charge on any atom is -0.373 e. The van der Waals surface area contributed by atoms with Crippen molar-refractivity contribution in [2.24, 2.45) is 5.73 Å². The zero-order chi connectivity index (χ0) is 15.2. The first-order valence-electron chi connectivity index (χ1n) is 7.53. The van der Waals surface area contributed by atoms with Crippen LogP contribution < -0.4 is 11.1 Å². The Hall–Kier alpha value is -1.94. The molecule has 0 aliphatic heterocycles. The minimum atomic E-state index is 0.176. The Morgan fingerprint density at radius 1 is 1.19 bits per heavy atom. The molecule has 1 aromatic carbocycles. The lowest BCUT2D eigenvalue weighted by Crippen LogP contribution is -2.14. The first-order valence-corrected chi connectivity index (χ1v) is 7.53. The molecular weight excluding hydrogens is 260 g/mol. The van der Waals surface area contributed by atoms with Gasteiger partial charge in [0.05, 0.1) is 0 Å². The molecule has 0 saturated heterocycles. The van der Waals surface area contributed by atoms with Gasteiger partial charge in [-0.25, -0.2) is 9.97 Å². The molecule has 0 bridgehead atoms. The molecule has 1 atom stereocenters. The summed E-state index contributed by atoms with van der Waals surface area (Å²) in [7, 11) is 1.90. The van der Waals surface area contributed by atoms with Crippen molar-refractivity contribution in [2.45, 2.75) is 32.6 Å². The zero-order valence-corrected chi connectivity index (χ0v) is 13.1. The van der Waals surface area contributed by atoms with E-state index < -0.39 is 0 Å². The molecule has 0 saturated carbocycles. The van der Waals surface area contributed by atoms with Crippen LogP contribution in [-0.4, -0.2) is 23.6 Å². The van der Waals surface area contributed by atoms with Crippen molar-refractivity contribution in [1.82, 2.24) is 9.97 Å². The molecule has 0 radical (unpaired) electrons. The van der Waals surface area contributed by atoms with E-state index in [-0.39, 0.29) is 5.92 Å². The number of benzene rings is 1. The second-order valence-corrected chi connectivity index (χ2v) is 5.13. The summed E-state index contributed by atoms with van der Waals surface area (Å²) >= 11 is 0. The van der Waals surface area contributed by atoms with Gasteiger partial charge in [0.2, 0.25) is 0 Å². The van der Waals surface area contributed by atoms with Crippen molar-refractivity contribution in [3.63, 3.8) is 0 Å². The van der Waals surface area contributed by atoms with Gasteiger partial charge < -0.3 is 11.1 Å². The zero-order valence-electron chi connectivity index (χ0n) is 13.1. The molecule has 21 heavy (non-hydrogen) atoms. The normalized spacial score (nSPS) is 12.2. The first-order chi connectivity index (χ1) is 10.2. The van der Waals surface area contributed by atoms with Crippen LogP contribution in [0.15, 0.2) is 30.3 Å². The number of nitrogens with zero attached hydrogens (tertiary/aromatic N) is 2. The van der Waals surface area contributed by atoms with E-state index in [4.69, 9.17) is 15.7 Å². The molecule has 0 fully saturated rings. The Balaban J connectivity index is 2.45. The van der Waals surface area contributed by atoms with Crippen LogP contribution in [0.1, 0.15) is 42.4 Å². The summed E-state index contributed by atoms with van der Waals surface area (Å²) in [5, 5.41) is 3.20. The molecule has 4 nitrogen and oxygen atoms in total. The molecule has 2 aromatic rings. The fourth-order valence-corrected chi connectivity index (χ4v) is 2.54. The van der Waals surface area contributed by atoms with Gasteiger partial charge in [0, 0.05) is 24.2 Å². The summed E-state index contributed by atoms with van der Waals surface area (Å²) in [5.74, 6) is 1.95. The largest absolute Gasteiger partial charge is 0.373 e. The van der Waals surface area contributed by atoms with Crippen molar-refractivity contribution in [2.75, 3.05) is 18.9 Å². The van der Waals surface area contributed by atoms with Crippen molar-refractivity contribution in [3.05, 3.63) is 53.0 Å². The van der Waals surface area contributed by atoms with Crippen LogP contribution in [0, 0.1) is 0 Å². The monoisotopic (exact) mass is 284 g/mol. The topological polar surface area (TPSA) is 63.8 Å². The van der Waals surface area contributed by atoms with Crippen LogP contribution in [0.3, 0.4) is 0 Å². The van der Waals surface area contributed by atoms with Gasteiger partial charge in [0.1, 0.15) is 11.6 Å². The molecule has 0 aliphatic carbocycles. The number of hydrogen-bond donors (Lipinski definition) is 2. The van der Waals surface area contributed by atoms with Crippen LogP contribution in [0.25, 0.3) is 0 Å². The molecule has 1 aromatic heterocycles. The predicted octanol–water partition coefficient (Wildman–Crippen LogP) is 2.73. The Kier molecular flexibility index (Phi) is 5.28. The van der Waals surface area contributed by atoms with Crippen molar-refractivity contribution < 1.29 is 0 Å². The molecule has 0 amide bonds. The second-order valence-electron chi connectivity index (χ2n) is 5.13. The molecule has 1 heterocycles. The smallest absolute Gasteiger partial charge is 0.138 e. The van der Waals surface area contributed by atoms with E-state index in [1.165, 1.54) is 5.56 Å². The number of rotatable bonds is 6. The van der Waals surface area contributed by atoms with Crippen molar-refractivity contribution in [1.29, 1.82) is 0 Å². The van der Waals surface area contributed by atoms with Crippen molar-refractivity contribution in [3.8, 4) is 0 Å². The standard InChI is InChI=1S/C17H24N4/c1-4-15-14(10-11-18)17(19-3)21-16(20-15)12(2)13-8-6-5-7-9-13/h5-9,12H,4,10-11,18H2,1-3H3,(H,19,20,21). The Morgan fingerprint density at radius 3 is 2.48 bits per heavy atom. The third-order valence-electron chi connectivity index (χ3n) is 3.76. The SMILES string of the molecule is CCc1nc(C(C)c2ccccc2)nc(NC)c1CCN. The number of aryl methyl sites for hydroxylation is 1. The summed E-state index contributed by atoms with van der Waals surface area (Å²) in [6.45, 7) is 4.88. The number of aromatic nitrogens is 2. The Bertz CT molecular complexity index is 556. The highest BCUT2D eigenvalue weighted by molar-refractivity contribution is 5.47. The lowest BCUT2D eigenvalue weighted by Gasteiger charge is -2.17. The molecule has 3 N–H and O–H groups in total. The molecule has 1 unspecified atom stereocenters. The second kappa shape index (κ2) is 7.18. The third kappa shape index (κ3) is 3.39. The maximum absolute atomic E-state index is 5.71. The van der Waals surface area contributed by atoms with Gasteiger partial charge >= 0.3 is 0 Å². The van der Waals surface area contributed by atoms with Gasteiger partial charge in [0.25, 0.3) is 0 Å². The van der Waals surface area contributed by atoms with E-state index in [2.05, 4.69) is 31.3 Å². The lowest BCUT2D eigenvalue weighted by molar-refractivity contribution is 0.778. The molecule has 0 aliphatic rings. The fourth-order valence-electron chi connectivity index (χ4n) is 2.54. The predicted molar refractivity (Wildman–Crippen MR) is 87.7 cm³/mol. The summed E-state index contributed by atoms with van der Waals surface area (Å²) in [6, 6.07) is 10.4. The highest BCUT2D eigenvalue weighted by Gasteiger charge is 2.17. The van der Waals surface area contributed by atoms with E-state index in [0.717, 1.165) is 35.7 Å². The molecular formula is C17H24N4. The van der Waals surface area contributed by atoms with Crippen molar-refractivity contribution >= 4 is 5.82 Å². The maximum atomic E-state index is 5.71. The van der Waals surface area contributed by atoms with E-state index in [1.807, 2.05) is 25.2 Å².